The van der Waals surface area contributed by atoms with Gasteiger partial charge >= 0.3 is 0 Å². The molecule has 1 unspecified atom stereocenters. The standard InChI is InChI=1S/C10H12O2S/c1-7-4-5-8-9(6-7)13(11)10(2,3)12-8/h4-6H,1-3H3. The normalized spacial score (nSPS) is 23.8. The zero-order chi connectivity index (χ0) is 9.64. The molecule has 0 aromatic heterocycles. The van der Waals surface area contributed by atoms with Crippen LogP contribution in [0.2, 0.25) is 0 Å². The van der Waals surface area contributed by atoms with Crippen molar-refractivity contribution in [1.82, 2.24) is 0 Å². The first-order valence-electron chi connectivity index (χ1n) is 4.22. The molecule has 2 nitrogen and oxygen atoms in total. The van der Waals surface area contributed by atoms with Crippen molar-refractivity contribution in [3.8, 4) is 5.75 Å². The molecule has 0 N–H and O–H groups in total. The molecule has 1 atom stereocenters. The molecule has 1 heterocycles. The molecular weight excluding hydrogens is 184 g/mol. The lowest BCUT2D eigenvalue weighted by Gasteiger charge is -2.18. The molecule has 0 fully saturated rings. The van der Waals surface area contributed by atoms with Crippen LogP contribution < -0.4 is 4.74 Å². The number of hydrogen-bond donors (Lipinski definition) is 0. The first kappa shape index (κ1) is 8.91. The van der Waals surface area contributed by atoms with Crippen LogP contribution in [0.1, 0.15) is 19.4 Å². The summed E-state index contributed by atoms with van der Waals surface area (Å²) in [6.45, 7) is 5.68. The van der Waals surface area contributed by atoms with Crippen LogP contribution in [0.3, 0.4) is 0 Å². The second-order valence-electron chi connectivity index (χ2n) is 3.72. The first-order valence-corrected chi connectivity index (χ1v) is 5.37. The van der Waals surface area contributed by atoms with Crippen LogP contribution in [0.15, 0.2) is 23.1 Å². The fourth-order valence-electron chi connectivity index (χ4n) is 1.41. The average Bonchev–Trinajstić information content (AvgIpc) is 2.26. The zero-order valence-corrected chi connectivity index (χ0v) is 8.77. The number of benzene rings is 1. The van der Waals surface area contributed by atoms with Gasteiger partial charge in [-0.2, -0.15) is 0 Å². The Bertz CT molecular complexity index is 347. The summed E-state index contributed by atoms with van der Waals surface area (Å²) in [5.74, 6) is 0.758. The van der Waals surface area contributed by atoms with Gasteiger partial charge in [0.05, 0.1) is 0 Å². The quantitative estimate of drug-likeness (QED) is 0.596. The predicted octanol–water partition coefficient (Wildman–Crippen LogP) is 2.23. The second kappa shape index (κ2) is 2.66. The summed E-state index contributed by atoms with van der Waals surface area (Å²) in [6, 6.07) is 5.79. The van der Waals surface area contributed by atoms with E-state index in [0.717, 1.165) is 16.2 Å². The minimum atomic E-state index is -1.04. The van der Waals surface area contributed by atoms with E-state index in [1.54, 1.807) is 0 Å². The lowest BCUT2D eigenvalue weighted by Crippen LogP contribution is -2.32. The Morgan fingerprint density at radius 1 is 1.38 bits per heavy atom. The molecule has 1 aliphatic heterocycles. The van der Waals surface area contributed by atoms with Crippen LogP contribution in [-0.4, -0.2) is 9.49 Å². The topological polar surface area (TPSA) is 32.3 Å². The van der Waals surface area contributed by atoms with Crippen molar-refractivity contribution in [3.63, 3.8) is 0 Å². The fraction of sp³-hybridized carbons (Fsp3) is 0.400. The molecule has 2 rings (SSSR count). The average molecular weight is 196 g/mol. The Morgan fingerprint density at radius 3 is 2.77 bits per heavy atom. The van der Waals surface area contributed by atoms with Gasteiger partial charge in [0.15, 0.2) is 10.6 Å². The Labute approximate surface area is 81.1 Å². The van der Waals surface area contributed by atoms with Gasteiger partial charge in [0, 0.05) is 31.1 Å². The minimum Gasteiger partial charge on any atom is -0.608 e. The number of aryl methyl sites for hydroxylation is 1. The van der Waals surface area contributed by atoms with Crippen molar-refractivity contribution in [1.29, 1.82) is 0 Å². The Kier molecular flexibility index (Phi) is 1.82. The van der Waals surface area contributed by atoms with Crippen LogP contribution >= 0.6 is 0 Å². The van der Waals surface area contributed by atoms with Crippen molar-refractivity contribution in [2.24, 2.45) is 0 Å². The maximum absolute atomic E-state index is 11.9. The van der Waals surface area contributed by atoms with Crippen molar-refractivity contribution in [2.75, 3.05) is 0 Å². The van der Waals surface area contributed by atoms with E-state index in [2.05, 4.69) is 0 Å². The molecule has 1 aliphatic rings. The van der Waals surface area contributed by atoms with E-state index in [1.807, 2.05) is 39.0 Å². The number of fused-ring (bicyclic) bond motifs is 1. The van der Waals surface area contributed by atoms with Crippen LogP contribution in [-0.2, 0) is 11.2 Å². The third-order valence-electron chi connectivity index (χ3n) is 2.10. The molecule has 0 amide bonds. The van der Waals surface area contributed by atoms with Gasteiger partial charge < -0.3 is 9.29 Å². The number of ether oxygens (including phenoxy) is 1. The SMILES string of the molecule is Cc1ccc2c(c1)[S+]([O-])C(C)(C)O2. The molecule has 13 heavy (non-hydrogen) atoms. The maximum Gasteiger partial charge on any atom is 0.263 e. The lowest BCUT2D eigenvalue weighted by molar-refractivity contribution is 0.205. The van der Waals surface area contributed by atoms with E-state index < -0.39 is 16.1 Å². The van der Waals surface area contributed by atoms with Crippen LogP contribution in [0.4, 0.5) is 0 Å². The fourth-order valence-corrected chi connectivity index (χ4v) is 2.69. The summed E-state index contributed by atoms with van der Waals surface area (Å²) >= 11 is -1.04. The highest BCUT2D eigenvalue weighted by atomic mass is 32.2. The van der Waals surface area contributed by atoms with E-state index >= 15 is 0 Å². The third-order valence-corrected chi connectivity index (χ3v) is 3.80. The second-order valence-corrected chi connectivity index (χ2v) is 5.68. The van der Waals surface area contributed by atoms with Gasteiger partial charge in [0.2, 0.25) is 0 Å². The maximum atomic E-state index is 11.9. The molecular formula is C10H12O2S. The number of hydrogen-bond acceptors (Lipinski definition) is 2. The molecule has 0 saturated carbocycles. The molecule has 0 bridgehead atoms. The van der Waals surface area contributed by atoms with Gasteiger partial charge in [-0.1, -0.05) is 6.07 Å². The van der Waals surface area contributed by atoms with Crippen LogP contribution in [0.5, 0.6) is 5.75 Å². The smallest absolute Gasteiger partial charge is 0.263 e. The first-order chi connectivity index (χ1) is 6.00. The van der Waals surface area contributed by atoms with Gasteiger partial charge in [0.1, 0.15) is 0 Å². The van der Waals surface area contributed by atoms with E-state index in [1.165, 1.54) is 0 Å². The molecule has 3 heteroatoms. The van der Waals surface area contributed by atoms with Crippen molar-refractivity contribution < 1.29 is 9.29 Å². The molecule has 0 aliphatic carbocycles. The Morgan fingerprint density at radius 2 is 2.08 bits per heavy atom. The third kappa shape index (κ3) is 1.32. The highest BCUT2D eigenvalue weighted by Gasteiger charge is 2.44. The summed E-state index contributed by atoms with van der Waals surface area (Å²) in [7, 11) is 0. The molecule has 0 saturated heterocycles. The largest absolute Gasteiger partial charge is 0.608 e. The van der Waals surface area contributed by atoms with Gasteiger partial charge in [-0.15, -0.1) is 0 Å². The van der Waals surface area contributed by atoms with Crippen molar-refractivity contribution in [3.05, 3.63) is 23.8 Å². The monoisotopic (exact) mass is 196 g/mol. The highest BCUT2D eigenvalue weighted by Crippen LogP contribution is 2.41. The molecule has 70 valence electrons. The molecule has 1 aromatic carbocycles. The number of rotatable bonds is 0. The minimum absolute atomic E-state index is 0.573. The Balaban J connectivity index is 2.51. The zero-order valence-electron chi connectivity index (χ0n) is 7.96. The Hall–Kier alpha value is -0.670. The summed E-state index contributed by atoms with van der Waals surface area (Å²) in [6.07, 6.45) is 0. The van der Waals surface area contributed by atoms with Gasteiger partial charge in [-0.05, 0) is 18.6 Å². The lowest BCUT2D eigenvalue weighted by atomic mass is 10.2. The van der Waals surface area contributed by atoms with E-state index in [9.17, 15) is 4.55 Å². The summed E-state index contributed by atoms with van der Waals surface area (Å²) in [5, 5.41) is 0. The van der Waals surface area contributed by atoms with E-state index in [4.69, 9.17) is 4.74 Å². The summed E-state index contributed by atoms with van der Waals surface area (Å²) in [5.41, 5.74) is 1.12. The predicted molar refractivity (Wildman–Crippen MR) is 52.3 cm³/mol. The van der Waals surface area contributed by atoms with Crippen molar-refractivity contribution in [2.45, 2.75) is 30.6 Å². The molecule has 0 radical (unpaired) electrons. The summed E-state index contributed by atoms with van der Waals surface area (Å²) in [4.78, 5) is 0.251. The van der Waals surface area contributed by atoms with Crippen LogP contribution in [0.25, 0.3) is 0 Å². The van der Waals surface area contributed by atoms with Crippen LogP contribution in [0, 0.1) is 6.92 Å². The molecule has 0 spiro atoms. The highest BCUT2D eigenvalue weighted by molar-refractivity contribution is 7.93. The summed E-state index contributed by atoms with van der Waals surface area (Å²) < 4.78 is 17.4. The van der Waals surface area contributed by atoms with Gasteiger partial charge in [0.25, 0.3) is 4.93 Å². The molecule has 1 aromatic rings. The van der Waals surface area contributed by atoms with E-state index in [-0.39, 0.29) is 0 Å². The van der Waals surface area contributed by atoms with Gasteiger partial charge in [-0.25, -0.2) is 0 Å². The van der Waals surface area contributed by atoms with Gasteiger partial charge in [-0.3, -0.25) is 0 Å². The van der Waals surface area contributed by atoms with E-state index in [0.29, 0.717) is 0 Å². The van der Waals surface area contributed by atoms with Crippen molar-refractivity contribution >= 4 is 11.2 Å².